The zero-order valence-corrected chi connectivity index (χ0v) is 16.1. The number of nitrogens with one attached hydrogen (secondary N) is 1. The molecular formula is C19H38N2O3. The minimum absolute atomic E-state index is 0.109. The summed E-state index contributed by atoms with van der Waals surface area (Å²) < 4.78 is 5.06. The molecule has 0 aliphatic rings. The first-order chi connectivity index (χ1) is 11.6. The highest BCUT2D eigenvalue weighted by Crippen LogP contribution is 2.10. The van der Waals surface area contributed by atoms with Crippen LogP contribution >= 0.6 is 0 Å². The molecule has 0 heterocycles. The van der Waals surface area contributed by atoms with Gasteiger partial charge in [-0.15, -0.1) is 0 Å². The second-order valence-electron chi connectivity index (χ2n) is 6.74. The number of hydrogen-bond donors (Lipinski definition) is 1. The second kappa shape index (κ2) is 16.7. The minimum atomic E-state index is -0.221. The highest BCUT2D eigenvalue weighted by atomic mass is 16.5. The van der Waals surface area contributed by atoms with Crippen LogP contribution in [0, 0.1) is 0 Å². The highest BCUT2D eigenvalue weighted by Gasteiger charge is 2.04. The van der Waals surface area contributed by atoms with Crippen molar-refractivity contribution in [3.63, 3.8) is 0 Å². The first kappa shape index (κ1) is 22.9. The number of ether oxygens (including phenoxy) is 1. The largest absolute Gasteiger partial charge is 0.465 e. The maximum atomic E-state index is 11.7. The number of esters is 1. The van der Waals surface area contributed by atoms with E-state index in [2.05, 4.69) is 12.2 Å². The van der Waals surface area contributed by atoms with Gasteiger partial charge in [0.15, 0.2) is 0 Å². The molecule has 0 aromatic heterocycles. The molecule has 0 aliphatic heterocycles. The van der Waals surface area contributed by atoms with Gasteiger partial charge < -0.3 is 10.1 Å². The molecule has 0 radical (unpaired) electrons. The molecular weight excluding hydrogens is 304 g/mol. The van der Waals surface area contributed by atoms with Crippen LogP contribution in [0.25, 0.3) is 0 Å². The third-order valence-electron chi connectivity index (χ3n) is 3.86. The Labute approximate surface area is 148 Å². The van der Waals surface area contributed by atoms with Crippen molar-refractivity contribution >= 4 is 11.9 Å². The molecule has 0 saturated carbocycles. The zero-order chi connectivity index (χ0) is 18.0. The maximum Gasteiger partial charge on any atom is 0.320 e. The third-order valence-corrected chi connectivity index (χ3v) is 3.86. The molecule has 142 valence electrons. The fraction of sp³-hybridized carbons (Fsp3) is 0.895. The van der Waals surface area contributed by atoms with Crippen molar-refractivity contribution in [3.05, 3.63) is 0 Å². The third kappa shape index (κ3) is 17.3. The molecule has 0 aromatic carbocycles. The quantitative estimate of drug-likeness (QED) is 0.344. The van der Waals surface area contributed by atoms with Crippen LogP contribution in [0.1, 0.15) is 77.6 Å². The standard InChI is InChI=1S/C19H38N2O3/c1-4-5-6-7-8-9-10-11-12-14-18(22)20-15-13-16-24-19(23)17-21(2)3/h4-17H2,1-3H3,(H,20,22). The van der Waals surface area contributed by atoms with E-state index in [0.29, 0.717) is 32.5 Å². The van der Waals surface area contributed by atoms with E-state index in [1.54, 1.807) is 4.90 Å². The van der Waals surface area contributed by atoms with Crippen LogP contribution in [-0.2, 0) is 14.3 Å². The minimum Gasteiger partial charge on any atom is -0.465 e. The summed E-state index contributed by atoms with van der Waals surface area (Å²) in [5.74, 6) is -0.112. The molecule has 24 heavy (non-hydrogen) atoms. The number of nitrogens with zero attached hydrogens (tertiary/aromatic N) is 1. The van der Waals surface area contributed by atoms with Gasteiger partial charge >= 0.3 is 5.97 Å². The summed E-state index contributed by atoms with van der Waals surface area (Å²) >= 11 is 0. The molecule has 5 nitrogen and oxygen atoms in total. The van der Waals surface area contributed by atoms with Crippen molar-refractivity contribution in [3.8, 4) is 0 Å². The number of hydrogen-bond acceptors (Lipinski definition) is 4. The second-order valence-corrected chi connectivity index (χ2v) is 6.74. The highest BCUT2D eigenvalue weighted by molar-refractivity contribution is 5.75. The van der Waals surface area contributed by atoms with Crippen LogP contribution in [0.4, 0.5) is 0 Å². The lowest BCUT2D eigenvalue weighted by molar-refractivity contribution is -0.144. The van der Waals surface area contributed by atoms with Crippen LogP contribution in [0.3, 0.4) is 0 Å². The molecule has 0 aliphatic carbocycles. The summed E-state index contributed by atoms with van der Waals surface area (Å²) in [5, 5.41) is 2.88. The SMILES string of the molecule is CCCCCCCCCCCC(=O)NCCCOC(=O)CN(C)C. The van der Waals surface area contributed by atoms with Gasteiger partial charge in [-0.25, -0.2) is 0 Å². The predicted octanol–water partition coefficient (Wildman–Crippen LogP) is 3.52. The number of carbonyl (C=O) groups is 2. The fourth-order valence-corrected chi connectivity index (χ4v) is 2.47. The molecule has 1 N–H and O–H groups in total. The topological polar surface area (TPSA) is 58.6 Å². The normalized spacial score (nSPS) is 10.8. The van der Waals surface area contributed by atoms with E-state index in [0.717, 1.165) is 12.8 Å². The molecule has 0 atom stereocenters. The number of carbonyl (C=O) groups excluding carboxylic acids is 2. The van der Waals surface area contributed by atoms with Gasteiger partial charge in [0.2, 0.25) is 5.91 Å². The number of rotatable bonds is 16. The first-order valence-electron chi connectivity index (χ1n) is 9.63. The average Bonchev–Trinajstić information content (AvgIpc) is 2.52. The van der Waals surface area contributed by atoms with Crippen LogP contribution in [0.2, 0.25) is 0 Å². The lowest BCUT2D eigenvalue weighted by Gasteiger charge is -2.09. The van der Waals surface area contributed by atoms with Gasteiger partial charge in [0.1, 0.15) is 0 Å². The molecule has 0 bridgehead atoms. The Morgan fingerprint density at radius 2 is 1.46 bits per heavy atom. The van der Waals surface area contributed by atoms with E-state index < -0.39 is 0 Å². The fourth-order valence-electron chi connectivity index (χ4n) is 2.47. The van der Waals surface area contributed by atoms with Gasteiger partial charge in [-0.3, -0.25) is 14.5 Å². The summed E-state index contributed by atoms with van der Waals surface area (Å²) in [4.78, 5) is 24.7. The van der Waals surface area contributed by atoms with Crippen molar-refractivity contribution in [2.45, 2.75) is 77.6 Å². The maximum absolute atomic E-state index is 11.7. The molecule has 0 aromatic rings. The Bertz CT molecular complexity index is 320. The molecule has 0 saturated heterocycles. The van der Waals surface area contributed by atoms with E-state index in [1.807, 2.05) is 14.1 Å². The van der Waals surface area contributed by atoms with Crippen molar-refractivity contribution < 1.29 is 14.3 Å². The molecule has 0 unspecified atom stereocenters. The average molecular weight is 343 g/mol. The summed E-state index contributed by atoms with van der Waals surface area (Å²) in [6, 6.07) is 0. The van der Waals surface area contributed by atoms with Crippen molar-refractivity contribution in [2.24, 2.45) is 0 Å². The van der Waals surface area contributed by atoms with Gasteiger partial charge in [0.05, 0.1) is 13.2 Å². The van der Waals surface area contributed by atoms with E-state index in [9.17, 15) is 9.59 Å². The van der Waals surface area contributed by atoms with Gasteiger partial charge in [0.25, 0.3) is 0 Å². The lowest BCUT2D eigenvalue weighted by Crippen LogP contribution is -2.27. The van der Waals surface area contributed by atoms with Crippen LogP contribution in [-0.4, -0.2) is 50.6 Å². The molecule has 1 amide bonds. The molecule has 0 rings (SSSR count). The summed E-state index contributed by atoms with van der Waals surface area (Å²) in [5.41, 5.74) is 0. The monoisotopic (exact) mass is 342 g/mol. The van der Waals surface area contributed by atoms with E-state index in [1.165, 1.54) is 44.9 Å². The number of unbranched alkanes of at least 4 members (excludes halogenated alkanes) is 8. The Morgan fingerprint density at radius 3 is 2.04 bits per heavy atom. The van der Waals surface area contributed by atoms with Crippen molar-refractivity contribution in [2.75, 3.05) is 33.8 Å². The molecule has 5 heteroatoms. The van der Waals surface area contributed by atoms with Crippen LogP contribution < -0.4 is 5.32 Å². The van der Waals surface area contributed by atoms with E-state index in [-0.39, 0.29) is 11.9 Å². The predicted molar refractivity (Wildman–Crippen MR) is 99.0 cm³/mol. The Morgan fingerprint density at radius 1 is 0.875 bits per heavy atom. The molecule has 0 spiro atoms. The van der Waals surface area contributed by atoms with Gasteiger partial charge in [-0.2, -0.15) is 0 Å². The van der Waals surface area contributed by atoms with E-state index >= 15 is 0 Å². The Balaban J connectivity index is 3.28. The van der Waals surface area contributed by atoms with Gasteiger partial charge in [-0.05, 0) is 26.9 Å². The smallest absolute Gasteiger partial charge is 0.320 e. The molecule has 0 fully saturated rings. The van der Waals surface area contributed by atoms with Crippen LogP contribution in [0.15, 0.2) is 0 Å². The first-order valence-corrected chi connectivity index (χ1v) is 9.63. The van der Waals surface area contributed by atoms with Crippen molar-refractivity contribution in [1.29, 1.82) is 0 Å². The summed E-state index contributed by atoms with van der Waals surface area (Å²) in [7, 11) is 3.65. The van der Waals surface area contributed by atoms with Crippen LogP contribution in [0.5, 0.6) is 0 Å². The van der Waals surface area contributed by atoms with Crippen molar-refractivity contribution in [1.82, 2.24) is 10.2 Å². The Hall–Kier alpha value is -1.10. The Kier molecular flexibility index (Phi) is 16.0. The number of likely N-dealkylation sites (N-methyl/N-ethyl adjacent to an activating group) is 1. The van der Waals surface area contributed by atoms with Gasteiger partial charge in [-0.1, -0.05) is 58.3 Å². The summed E-state index contributed by atoms with van der Waals surface area (Å²) in [6.07, 6.45) is 12.6. The summed E-state index contributed by atoms with van der Waals surface area (Å²) in [6.45, 7) is 3.48. The van der Waals surface area contributed by atoms with E-state index in [4.69, 9.17) is 4.74 Å². The lowest BCUT2D eigenvalue weighted by atomic mass is 10.1. The number of amides is 1. The zero-order valence-electron chi connectivity index (χ0n) is 16.1. The van der Waals surface area contributed by atoms with Gasteiger partial charge in [0, 0.05) is 13.0 Å².